The minimum atomic E-state index is -0.582. The number of ether oxygens (including phenoxy) is 1. The molecule has 1 N–H and O–H groups in total. The summed E-state index contributed by atoms with van der Waals surface area (Å²) >= 11 is 0. The lowest BCUT2D eigenvalue weighted by Crippen LogP contribution is -2.21. The van der Waals surface area contributed by atoms with E-state index in [-0.39, 0.29) is 18.4 Å². The van der Waals surface area contributed by atoms with Crippen molar-refractivity contribution in [3.05, 3.63) is 77.5 Å². The number of nitrogens with zero attached hydrogens (tertiary/aromatic N) is 1. The lowest BCUT2D eigenvalue weighted by atomic mass is 9.98. The third-order valence-electron chi connectivity index (χ3n) is 4.60. The molecule has 0 atom stereocenters. The van der Waals surface area contributed by atoms with Gasteiger partial charge in [-0.1, -0.05) is 56.3 Å². The molecule has 148 valence electrons. The van der Waals surface area contributed by atoms with Crippen molar-refractivity contribution in [3.8, 4) is 0 Å². The van der Waals surface area contributed by atoms with Crippen molar-refractivity contribution in [3.63, 3.8) is 0 Å². The average Bonchev–Trinajstić information content (AvgIpc) is 2.72. The number of para-hydroxylation sites is 2. The van der Waals surface area contributed by atoms with Gasteiger partial charge in [0.25, 0.3) is 5.91 Å². The van der Waals surface area contributed by atoms with Crippen LogP contribution < -0.4 is 5.32 Å². The number of amides is 1. The molecule has 0 radical (unpaired) electrons. The Morgan fingerprint density at radius 2 is 1.86 bits per heavy atom. The number of pyridine rings is 1. The van der Waals surface area contributed by atoms with Crippen LogP contribution in [0.1, 0.15) is 36.5 Å². The minimum absolute atomic E-state index is 0.269. The zero-order valence-corrected chi connectivity index (χ0v) is 16.8. The highest BCUT2D eigenvalue weighted by atomic mass is 16.5. The topological polar surface area (TPSA) is 68.3 Å². The SMILES string of the molecule is Cc1cccc(C(C)C)c1NC(=O)COC(=O)/C=C/c1cccc2cccnc12. The highest BCUT2D eigenvalue weighted by Crippen LogP contribution is 2.27. The first-order valence-electron chi connectivity index (χ1n) is 9.53. The molecule has 1 aromatic heterocycles. The Morgan fingerprint density at radius 1 is 1.10 bits per heavy atom. The number of aryl methyl sites for hydroxylation is 1. The van der Waals surface area contributed by atoms with Crippen LogP contribution in [0, 0.1) is 6.92 Å². The van der Waals surface area contributed by atoms with Gasteiger partial charge >= 0.3 is 5.97 Å². The predicted octanol–water partition coefficient (Wildman–Crippen LogP) is 4.86. The van der Waals surface area contributed by atoms with Crippen molar-refractivity contribution in [2.45, 2.75) is 26.7 Å². The van der Waals surface area contributed by atoms with Gasteiger partial charge in [0.2, 0.25) is 0 Å². The zero-order chi connectivity index (χ0) is 20.8. The van der Waals surface area contributed by atoms with Crippen molar-refractivity contribution in [2.24, 2.45) is 0 Å². The molecule has 5 heteroatoms. The number of benzene rings is 2. The molecule has 0 saturated heterocycles. The number of aromatic nitrogens is 1. The average molecular weight is 388 g/mol. The van der Waals surface area contributed by atoms with E-state index in [0.29, 0.717) is 0 Å². The summed E-state index contributed by atoms with van der Waals surface area (Å²) in [6.45, 7) is 5.73. The highest BCUT2D eigenvalue weighted by Gasteiger charge is 2.13. The molecule has 29 heavy (non-hydrogen) atoms. The summed E-state index contributed by atoms with van der Waals surface area (Å²) in [5.41, 5.74) is 4.41. The fourth-order valence-electron chi connectivity index (χ4n) is 3.12. The van der Waals surface area contributed by atoms with E-state index in [0.717, 1.165) is 33.3 Å². The molecular formula is C24H24N2O3. The minimum Gasteiger partial charge on any atom is -0.452 e. The molecule has 3 aromatic rings. The summed E-state index contributed by atoms with van der Waals surface area (Å²) in [6, 6.07) is 15.4. The standard InChI is InChI=1S/C24H24N2O3/c1-16(2)20-11-4-7-17(3)23(20)26-21(27)15-29-22(28)13-12-19-9-5-8-18-10-6-14-25-24(18)19/h4-14,16H,15H2,1-3H3,(H,26,27)/b13-12+. The number of carbonyl (C=O) groups excluding carboxylic acids is 2. The van der Waals surface area contributed by atoms with E-state index < -0.39 is 5.97 Å². The van der Waals surface area contributed by atoms with E-state index in [1.54, 1.807) is 12.3 Å². The monoisotopic (exact) mass is 388 g/mol. The van der Waals surface area contributed by atoms with Gasteiger partial charge in [0.05, 0.1) is 5.52 Å². The number of anilines is 1. The van der Waals surface area contributed by atoms with E-state index in [2.05, 4.69) is 24.1 Å². The van der Waals surface area contributed by atoms with Gasteiger partial charge in [-0.15, -0.1) is 0 Å². The second-order valence-corrected chi connectivity index (χ2v) is 7.11. The third-order valence-corrected chi connectivity index (χ3v) is 4.60. The molecule has 1 amide bonds. The van der Waals surface area contributed by atoms with Gasteiger partial charge in [0.15, 0.2) is 6.61 Å². The van der Waals surface area contributed by atoms with Crippen molar-refractivity contribution >= 4 is 34.5 Å². The molecule has 1 heterocycles. The van der Waals surface area contributed by atoms with E-state index in [1.807, 2.05) is 55.5 Å². The molecule has 5 nitrogen and oxygen atoms in total. The second-order valence-electron chi connectivity index (χ2n) is 7.11. The normalized spacial score (nSPS) is 11.2. The van der Waals surface area contributed by atoms with E-state index in [1.165, 1.54) is 6.08 Å². The Hall–Kier alpha value is -3.47. The number of nitrogens with one attached hydrogen (secondary N) is 1. The van der Waals surface area contributed by atoms with Crippen LogP contribution in [0.3, 0.4) is 0 Å². The molecule has 0 aliphatic rings. The number of rotatable bonds is 6. The van der Waals surface area contributed by atoms with Gasteiger partial charge in [-0.05, 0) is 36.1 Å². The number of carbonyl (C=O) groups is 2. The molecule has 0 aliphatic carbocycles. The van der Waals surface area contributed by atoms with Gasteiger partial charge < -0.3 is 10.1 Å². The Kier molecular flexibility index (Phi) is 6.39. The first-order valence-corrected chi connectivity index (χ1v) is 9.53. The molecule has 0 fully saturated rings. The molecule has 0 aliphatic heterocycles. The van der Waals surface area contributed by atoms with Crippen molar-refractivity contribution < 1.29 is 14.3 Å². The summed E-state index contributed by atoms with van der Waals surface area (Å²) in [5.74, 6) is -0.679. The first kappa shape index (κ1) is 20.3. The maximum atomic E-state index is 12.3. The van der Waals surface area contributed by atoms with Crippen LogP contribution in [0.2, 0.25) is 0 Å². The molecule has 0 bridgehead atoms. The molecule has 2 aromatic carbocycles. The lowest BCUT2D eigenvalue weighted by Gasteiger charge is -2.16. The summed E-state index contributed by atoms with van der Waals surface area (Å²) in [5, 5.41) is 3.85. The number of hydrogen-bond donors (Lipinski definition) is 1. The van der Waals surface area contributed by atoms with E-state index >= 15 is 0 Å². The molecule has 0 spiro atoms. The highest BCUT2D eigenvalue weighted by molar-refractivity contribution is 5.96. The van der Waals surface area contributed by atoms with Crippen LogP contribution in [0.4, 0.5) is 5.69 Å². The van der Waals surface area contributed by atoms with Crippen LogP contribution in [0.15, 0.2) is 60.8 Å². The van der Waals surface area contributed by atoms with Gasteiger partial charge in [0.1, 0.15) is 0 Å². The van der Waals surface area contributed by atoms with Gasteiger partial charge in [-0.25, -0.2) is 4.79 Å². The van der Waals surface area contributed by atoms with Crippen LogP contribution in [-0.4, -0.2) is 23.5 Å². The maximum absolute atomic E-state index is 12.3. The van der Waals surface area contributed by atoms with E-state index in [9.17, 15) is 9.59 Å². The number of hydrogen-bond acceptors (Lipinski definition) is 4. The van der Waals surface area contributed by atoms with Crippen molar-refractivity contribution in [1.82, 2.24) is 4.98 Å². The third kappa shape index (κ3) is 5.08. The summed E-state index contributed by atoms with van der Waals surface area (Å²) in [6.07, 6.45) is 4.66. The van der Waals surface area contributed by atoms with E-state index in [4.69, 9.17) is 4.74 Å². The van der Waals surface area contributed by atoms with Crippen molar-refractivity contribution in [1.29, 1.82) is 0 Å². The summed E-state index contributed by atoms with van der Waals surface area (Å²) in [4.78, 5) is 28.7. The first-order chi connectivity index (χ1) is 14.0. The smallest absolute Gasteiger partial charge is 0.331 e. The molecule has 0 unspecified atom stereocenters. The Balaban J connectivity index is 1.61. The molecular weight excluding hydrogens is 364 g/mol. The van der Waals surface area contributed by atoms with Crippen LogP contribution in [0.25, 0.3) is 17.0 Å². The number of esters is 1. The fraction of sp³-hybridized carbons (Fsp3) is 0.208. The Bertz CT molecular complexity index is 1070. The fourth-order valence-corrected chi connectivity index (χ4v) is 3.12. The van der Waals surface area contributed by atoms with Gasteiger partial charge in [-0.3, -0.25) is 9.78 Å². The molecule has 0 saturated carbocycles. The zero-order valence-electron chi connectivity index (χ0n) is 16.8. The van der Waals surface area contributed by atoms with Crippen LogP contribution in [0.5, 0.6) is 0 Å². The molecule has 3 rings (SSSR count). The second kappa shape index (κ2) is 9.15. The van der Waals surface area contributed by atoms with Gasteiger partial charge in [0, 0.05) is 28.9 Å². The number of fused-ring (bicyclic) bond motifs is 1. The van der Waals surface area contributed by atoms with Crippen LogP contribution in [-0.2, 0) is 14.3 Å². The maximum Gasteiger partial charge on any atom is 0.331 e. The summed E-state index contributed by atoms with van der Waals surface area (Å²) < 4.78 is 5.09. The lowest BCUT2D eigenvalue weighted by molar-refractivity contribution is -0.142. The Labute approximate surface area is 170 Å². The van der Waals surface area contributed by atoms with Crippen molar-refractivity contribution in [2.75, 3.05) is 11.9 Å². The predicted molar refractivity (Wildman–Crippen MR) is 116 cm³/mol. The largest absolute Gasteiger partial charge is 0.452 e. The Morgan fingerprint density at radius 3 is 2.66 bits per heavy atom. The summed E-state index contributed by atoms with van der Waals surface area (Å²) in [7, 11) is 0. The van der Waals surface area contributed by atoms with Gasteiger partial charge in [-0.2, -0.15) is 0 Å². The quantitative estimate of drug-likeness (QED) is 0.484. The van der Waals surface area contributed by atoms with Crippen LogP contribution >= 0.6 is 0 Å².